The third-order valence-electron chi connectivity index (χ3n) is 14.1. The van der Waals surface area contributed by atoms with E-state index in [1.165, 1.54) is 238 Å². The quantitative estimate of drug-likeness (QED) is 0.0211. The number of rotatable bonds is 59. The number of phosphoric ester groups is 1. The van der Waals surface area contributed by atoms with Gasteiger partial charge in [0.05, 0.1) is 27.7 Å². The standard InChI is InChI=1S/C64H122NO8P/c1-6-8-10-12-14-16-18-20-22-24-26-28-29-30-31-32-33-34-35-37-39-41-43-45-47-49-51-53-55-57-64(67)73-62(61-72-74(68,69)71-59-58-65(3,4)5)60-70-63(66)56-54-52-50-48-46-44-42-40-38-36-27-25-23-21-19-17-15-13-11-9-7-2/h18,20,24-27,62H,6-17,19,21-23,28-61H2,1-5H3/p+1/b20-18-,26-24-,27-25-. The van der Waals surface area contributed by atoms with Gasteiger partial charge in [0.2, 0.25) is 0 Å². The largest absolute Gasteiger partial charge is 0.472 e. The lowest BCUT2D eigenvalue weighted by molar-refractivity contribution is -0.870. The molecule has 9 nitrogen and oxygen atoms in total. The van der Waals surface area contributed by atoms with E-state index in [4.69, 9.17) is 18.5 Å². The van der Waals surface area contributed by atoms with Crippen LogP contribution in [0, 0.1) is 0 Å². The number of carbonyl (C=O) groups is 2. The molecule has 0 aliphatic carbocycles. The first kappa shape index (κ1) is 72.2. The number of hydrogen-bond donors (Lipinski definition) is 1. The van der Waals surface area contributed by atoms with Gasteiger partial charge in [-0.05, 0) is 70.6 Å². The molecule has 0 aromatic rings. The lowest BCUT2D eigenvalue weighted by atomic mass is 10.0. The van der Waals surface area contributed by atoms with Gasteiger partial charge in [-0.15, -0.1) is 0 Å². The van der Waals surface area contributed by atoms with Crippen LogP contribution >= 0.6 is 7.82 Å². The molecular weight excluding hydrogens is 942 g/mol. The molecule has 2 unspecified atom stereocenters. The van der Waals surface area contributed by atoms with Crippen molar-refractivity contribution in [3.05, 3.63) is 36.5 Å². The van der Waals surface area contributed by atoms with Crippen molar-refractivity contribution in [3.8, 4) is 0 Å². The first-order valence-corrected chi connectivity index (χ1v) is 33.2. The Bertz CT molecular complexity index is 1340. The molecule has 0 bridgehead atoms. The molecule has 0 heterocycles. The third-order valence-corrected chi connectivity index (χ3v) is 15.1. The SMILES string of the molecule is CCCCCCC/C=C\C/C=C\CCCCCCCCCCCCCCCCCCCC(=O)OC(COC(=O)CCCCCCCCCCC/C=C\CCCCCCCCCC)COP(=O)(O)OCC[N+](C)(C)C. The highest BCUT2D eigenvalue weighted by Gasteiger charge is 2.27. The van der Waals surface area contributed by atoms with Crippen LogP contribution in [0.5, 0.6) is 0 Å². The summed E-state index contributed by atoms with van der Waals surface area (Å²) in [5, 5.41) is 0. The number of esters is 2. The Morgan fingerprint density at radius 1 is 0.419 bits per heavy atom. The zero-order valence-electron chi connectivity index (χ0n) is 49.6. The lowest BCUT2D eigenvalue weighted by Crippen LogP contribution is -2.37. The molecule has 0 fully saturated rings. The summed E-state index contributed by atoms with van der Waals surface area (Å²) in [6.45, 7) is 4.47. The van der Waals surface area contributed by atoms with Crippen LogP contribution in [0.15, 0.2) is 36.5 Å². The fourth-order valence-electron chi connectivity index (χ4n) is 9.22. The monoisotopic (exact) mass is 1060 g/mol. The number of likely N-dealkylation sites (N-methyl/N-ethyl adjacent to an activating group) is 1. The zero-order valence-corrected chi connectivity index (χ0v) is 50.5. The van der Waals surface area contributed by atoms with Gasteiger partial charge in [-0.2, -0.15) is 0 Å². The number of carbonyl (C=O) groups excluding carboxylic acids is 2. The number of quaternary nitrogens is 1. The molecular formula is C64H123NO8P+. The summed E-state index contributed by atoms with van der Waals surface area (Å²) in [5.74, 6) is -0.784. The van der Waals surface area contributed by atoms with Gasteiger partial charge in [-0.1, -0.05) is 262 Å². The van der Waals surface area contributed by atoms with Crippen LogP contribution in [0.2, 0.25) is 0 Å². The summed E-state index contributed by atoms with van der Waals surface area (Å²) < 4.78 is 34.6. The van der Waals surface area contributed by atoms with Crippen LogP contribution in [0.25, 0.3) is 0 Å². The molecule has 0 amide bonds. The average molecular weight is 1070 g/mol. The summed E-state index contributed by atoms with van der Waals surface area (Å²) in [6, 6.07) is 0. The van der Waals surface area contributed by atoms with E-state index in [-0.39, 0.29) is 32.0 Å². The minimum absolute atomic E-state index is 0.0332. The van der Waals surface area contributed by atoms with E-state index < -0.39 is 26.5 Å². The summed E-state index contributed by atoms with van der Waals surface area (Å²) in [7, 11) is 1.49. The molecule has 0 spiro atoms. The highest BCUT2D eigenvalue weighted by molar-refractivity contribution is 7.47. The number of ether oxygens (including phenoxy) is 2. The van der Waals surface area contributed by atoms with Gasteiger partial charge in [0.15, 0.2) is 6.10 Å². The molecule has 436 valence electrons. The number of nitrogens with zero attached hydrogens (tertiary/aromatic N) is 1. The van der Waals surface area contributed by atoms with E-state index in [1.54, 1.807) is 0 Å². The second-order valence-corrected chi connectivity index (χ2v) is 24.2. The fraction of sp³-hybridized carbons (Fsp3) is 0.875. The summed E-state index contributed by atoms with van der Waals surface area (Å²) in [5.41, 5.74) is 0. The average Bonchev–Trinajstić information content (AvgIpc) is 3.36. The Balaban J connectivity index is 4.07. The van der Waals surface area contributed by atoms with Crippen LogP contribution in [0.1, 0.15) is 309 Å². The van der Waals surface area contributed by atoms with E-state index in [0.29, 0.717) is 17.4 Å². The Morgan fingerprint density at radius 2 is 0.730 bits per heavy atom. The maximum Gasteiger partial charge on any atom is 0.472 e. The summed E-state index contributed by atoms with van der Waals surface area (Å²) >= 11 is 0. The summed E-state index contributed by atoms with van der Waals surface area (Å²) in [4.78, 5) is 35.8. The van der Waals surface area contributed by atoms with E-state index in [0.717, 1.165) is 38.5 Å². The Hall–Kier alpha value is -1.77. The minimum Gasteiger partial charge on any atom is -0.462 e. The molecule has 74 heavy (non-hydrogen) atoms. The maximum absolute atomic E-state index is 12.8. The molecule has 0 saturated heterocycles. The molecule has 0 aliphatic heterocycles. The van der Waals surface area contributed by atoms with Crippen molar-refractivity contribution in [2.45, 2.75) is 315 Å². The molecule has 0 aromatic heterocycles. The van der Waals surface area contributed by atoms with Crippen molar-refractivity contribution in [3.63, 3.8) is 0 Å². The Labute approximate surface area is 459 Å². The molecule has 0 rings (SSSR count). The van der Waals surface area contributed by atoms with Crippen molar-refractivity contribution in [1.82, 2.24) is 0 Å². The number of unbranched alkanes of at least 4 members (excludes halogenated alkanes) is 39. The van der Waals surface area contributed by atoms with Crippen molar-refractivity contribution in [2.24, 2.45) is 0 Å². The molecule has 0 radical (unpaired) electrons. The summed E-state index contributed by atoms with van der Waals surface area (Å²) in [6.07, 6.45) is 69.4. The molecule has 0 aliphatic rings. The van der Waals surface area contributed by atoms with Crippen LogP contribution in [0.3, 0.4) is 0 Å². The predicted octanol–water partition coefficient (Wildman–Crippen LogP) is 19.9. The van der Waals surface area contributed by atoms with Gasteiger partial charge < -0.3 is 18.9 Å². The molecule has 2 atom stereocenters. The lowest BCUT2D eigenvalue weighted by Gasteiger charge is -2.24. The first-order valence-electron chi connectivity index (χ1n) is 31.7. The van der Waals surface area contributed by atoms with Gasteiger partial charge >= 0.3 is 19.8 Å². The first-order chi connectivity index (χ1) is 36.0. The van der Waals surface area contributed by atoms with Gasteiger partial charge in [-0.25, -0.2) is 4.57 Å². The second-order valence-electron chi connectivity index (χ2n) is 22.8. The molecule has 0 saturated carbocycles. The smallest absolute Gasteiger partial charge is 0.462 e. The number of phosphoric acid groups is 1. The molecule has 10 heteroatoms. The Kier molecular flexibility index (Phi) is 54.6. The Morgan fingerprint density at radius 3 is 1.08 bits per heavy atom. The number of hydrogen-bond acceptors (Lipinski definition) is 7. The van der Waals surface area contributed by atoms with Crippen LogP contribution in [-0.4, -0.2) is 74.9 Å². The predicted molar refractivity (Wildman–Crippen MR) is 317 cm³/mol. The highest BCUT2D eigenvalue weighted by atomic mass is 31.2. The normalized spacial score (nSPS) is 13.4. The molecule has 0 aromatic carbocycles. The van der Waals surface area contributed by atoms with Gasteiger partial charge in [0.1, 0.15) is 19.8 Å². The topological polar surface area (TPSA) is 108 Å². The van der Waals surface area contributed by atoms with Crippen molar-refractivity contribution >= 4 is 19.8 Å². The van der Waals surface area contributed by atoms with Crippen LogP contribution in [-0.2, 0) is 32.7 Å². The van der Waals surface area contributed by atoms with Gasteiger partial charge in [0, 0.05) is 12.8 Å². The molecule has 1 N–H and O–H groups in total. The van der Waals surface area contributed by atoms with Gasteiger partial charge in [-0.3, -0.25) is 18.6 Å². The van der Waals surface area contributed by atoms with Gasteiger partial charge in [0.25, 0.3) is 0 Å². The van der Waals surface area contributed by atoms with Crippen LogP contribution in [0.4, 0.5) is 0 Å². The fourth-order valence-corrected chi connectivity index (χ4v) is 9.96. The second kappa shape index (κ2) is 56.0. The van der Waals surface area contributed by atoms with Crippen molar-refractivity contribution < 1.29 is 42.1 Å². The highest BCUT2D eigenvalue weighted by Crippen LogP contribution is 2.43. The van der Waals surface area contributed by atoms with Crippen molar-refractivity contribution in [2.75, 3.05) is 47.5 Å². The van der Waals surface area contributed by atoms with Crippen molar-refractivity contribution in [1.29, 1.82) is 0 Å². The maximum atomic E-state index is 12.8. The minimum atomic E-state index is -4.39. The van der Waals surface area contributed by atoms with Crippen LogP contribution < -0.4 is 0 Å². The third kappa shape index (κ3) is 59.5. The van der Waals surface area contributed by atoms with E-state index >= 15 is 0 Å². The zero-order chi connectivity index (χ0) is 54.2. The van der Waals surface area contributed by atoms with E-state index in [9.17, 15) is 19.0 Å². The van der Waals surface area contributed by atoms with E-state index in [1.807, 2.05) is 21.1 Å². The number of allylic oxidation sites excluding steroid dienone is 6. The van der Waals surface area contributed by atoms with E-state index in [2.05, 4.69) is 50.3 Å².